The van der Waals surface area contributed by atoms with Gasteiger partial charge in [-0.1, -0.05) is 47.0 Å². The van der Waals surface area contributed by atoms with Gasteiger partial charge in [-0.3, -0.25) is 0 Å². The van der Waals surface area contributed by atoms with Crippen molar-refractivity contribution in [1.82, 2.24) is 0 Å². The van der Waals surface area contributed by atoms with Gasteiger partial charge in [-0.25, -0.2) is 19.6 Å². The standard InChI is InChI=1S/C18H18N2O4S6/c1-3-23-14(21)12-10(19-17-25-5-6-26-17)9-11(20-18-27-7-8-28-18)13(15(22)24-4-2)30-16(9)29-12/h3-8H2,1-2H3. The Bertz CT molecular complexity index is 948. The maximum Gasteiger partial charge on any atom is 0.350 e. The number of aliphatic imine (C=N–C) groups is 2. The molecular formula is C18H18N2O4S6. The average molecular weight is 519 g/mol. The molecule has 160 valence electrons. The van der Waals surface area contributed by atoms with Crippen LogP contribution in [0.15, 0.2) is 9.98 Å². The number of thiophene rings is 2. The normalized spacial score (nSPS) is 16.3. The Labute approximate surface area is 199 Å². The number of nitrogens with zero attached hydrogens (tertiary/aromatic N) is 2. The molecule has 0 atom stereocenters. The minimum absolute atomic E-state index is 0.292. The highest BCUT2D eigenvalue weighted by molar-refractivity contribution is 8.41. The predicted molar refractivity (Wildman–Crippen MR) is 136 cm³/mol. The molecule has 0 aromatic carbocycles. The van der Waals surface area contributed by atoms with Gasteiger partial charge >= 0.3 is 11.9 Å². The molecule has 4 rings (SSSR count). The minimum atomic E-state index is -0.390. The van der Waals surface area contributed by atoms with Crippen molar-refractivity contribution in [3.05, 3.63) is 9.75 Å². The Morgan fingerprint density at radius 3 is 1.53 bits per heavy atom. The van der Waals surface area contributed by atoms with E-state index in [1.165, 1.54) is 22.7 Å². The van der Waals surface area contributed by atoms with Crippen LogP contribution in [0.3, 0.4) is 0 Å². The maximum absolute atomic E-state index is 12.7. The highest BCUT2D eigenvalue weighted by Gasteiger charge is 2.30. The van der Waals surface area contributed by atoms with Gasteiger partial charge in [-0.15, -0.1) is 22.7 Å². The third kappa shape index (κ3) is 4.73. The van der Waals surface area contributed by atoms with E-state index in [1.54, 1.807) is 60.9 Å². The van der Waals surface area contributed by atoms with E-state index in [2.05, 4.69) is 0 Å². The molecule has 0 saturated carbocycles. The lowest BCUT2D eigenvalue weighted by Gasteiger charge is -2.04. The van der Waals surface area contributed by atoms with Gasteiger partial charge in [0, 0.05) is 23.0 Å². The van der Waals surface area contributed by atoms with Crippen molar-refractivity contribution < 1.29 is 19.1 Å². The van der Waals surface area contributed by atoms with Gasteiger partial charge in [0.15, 0.2) is 0 Å². The molecule has 2 aliphatic heterocycles. The average Bonchev–Trinajstić information content (AvgIpc) is 3.50. The van der Waals surface area contributed by atoms with Gasteiger partial charge in [0.05, 0.1) is 22.6 Å². The summed E-state index contributed by atoms with van der Waals surface area (Å²) in [5.74, 6) is 3.19. The Kier molecular flexibility index (Phi) is 7.74. The second kappa shape index (κ2) is 10.3. The van der Waals surface area contributed by atoms with Crippen molar-refractivity contribution in [3.63, 3.8) is 0 Å². The Morgan fingerprint density at radius 2 is 1.17 bits per heavy atom. The fraction of sp³-hybridized carbons (Fsp3) is 0.444. The number of carbonyl (C=O) groups excluding carboxylic acids is 2. The summed E-state index contributed by atoms with van der Waals surface area (Å²) >= 11 is 9.33. The first-order valence-electron chi connectivity index (χ1n) is 9.24. The van der Waals surface area contributed by atoms with Crippen LogP contribution < -0.4 is 0 Å². The number of thioether (sulfide) groups is 4. The van der Waals surface area contributed by atoms with Crippen molar-refractivity contribution in [2.45, 2.75) is 13.8 Å². The second-order valence-corrected chi connectivity index (χ2v) is 13.0. The summed E-state index contributed by atoms with van der Waals surface area (Å²) in [6.07, 6.45) is 0. The van der Waals surface area contributed by atoms with E-state index in [-0.39, 0.29) is 11.9 Å². The number of ether oxygens (including phenoxy) is 2. The summed E-state index contributed by atoms with van der Waals surface area (Å²) in [6.45, 7) is 4.15. The summed E-state index contributed by atoms with van der Waals surface area (Å²) in [4.78, 5) is 35.9. The molecule has 0 bridgehead atoms. The molecule has 4 heterocycles. The summed E-state index contributed by atoms with van der Waals surface area (Å²) in [5.41, 5.74) is 1.12. The van der Waals surface area contributed by atoms with E-state index in [1.807, 2.05) is 0 Å². The SMILES string of the molecule is CCOC(=O)c1sc2sc(C(=O)OCC)c(N=C3SCCS3)c2c1N=C1SCCS1. The van der Waals surface area contributed by atoms with Crippen molar-refractivity contribution in [2.75, 3.05) is 36.2 Å². The maximum atomic E-state index is 12.7. The molecule has 0 aliphatic carbocycles. The lowest BCUT2D eigenvalue weighted by atomic mass is 10.2. The second-order valence-electron chi connectivity index (χ2n) is 5.81. The van der Waals surface area contributed by atoms with Crippen LogP contribution in [0, 0.1) is 0 Å². The van der Waals surface area contributed by atoms with Crippen LogP contribution in [0.5, 0.6) is 0 Å². The van der Waals surface area contributed by atoms with Gasteiger partial charge in [-0.05, 0) is 13.8 Å². The number of carbonyl (C=O) groups is 2. The first-order chi connectivity index (χ1) is 14.6. The predicted octanol–water partition coefficient (Wildman–Crippen LogP) is 6.25. The zero-order chi connectivity index (χ0) is 21.1. The zero-order valence-electron chi connectivity index (χ0n) is 16.2. The van der Waals surface area contributed by atoms with Gasteiger partial charge in [-0.2, -0.15) is 0 Å². The fourth-order valence-corrected chi connectivity index (χ4v) is 9.46. The lowest BCUT2D eigenvalue weighted by molar-refractivity contribution is 0.0523. The van der Waals surface area contributed by atoms with E-state index < -0.39 is 0 Å². The van der Waals surface area contributed by atoms with Gasteiger partial charge < -0.3 is 9.47 Å². The summed E-state index contributed by atoms with van der Waals surface area (Å²) < 4.78 is 13.2. The van der Waals surface area contributed by atoms with Crippen molar-refractivity contribution >= 4 is 111 Å². The van der Waals surface area contributed by atoms with Gasteiger partial charge in [0.1, 0.15) is 29.9 Å². The van der Waals surface area contributed by atoms with E-state index >= 15 is 0 Å². The highest BCUT2D eigenvalue weighted by atomic mass is 32.2. The van der Waals surface area contributed by atoms with Crippen LogP contribution in [-0.2, 0) is 9.47 Å². The number of fused-ring (bicyclic) bond motifs is 1. The van der Waals surface area contributed by atoms with Crippen LogP contribution in [0.4, 0.5) is 11.4 Å². The van der Waals surface area contributed by atoms with Crippen molar-refractivity contribution in [2.24, 2.45) is 9.98 Å². The van der Waals surface area contributed by atoms with Crippen LogP contribution >= 0.6 is 69.7 Å². The molecule has 2 fully saturated rings. The van der Waals surface area contributed by atoms with E-state index in [0.29, 0.717) is 34.3 Å². The molecule has 0 radical (unpaired) electrons. The zero-order valence-corrected chi connectivity index (χ0v) is 21.1. The molecule has 0 N–H and O–H groups in total. The quantitative estimate of drug-likeness (QED) is 0.415. The topological polar surface area (TPSA) is 77.3 Å². The summed E-state index contributed by atoms with van der Waals surface area (Å²) in [5, 5.41) is 0.748. The molecule has 6 nitrogen and oxygen atoms in total. The molecule has 2 saturated heterocycles. The van der Waals surface area contributed by atoms with E-state index in [0.717, 1.165) is 41.2 Å². The van der Waals surface area contributed by atoms with Crippen LogP contribution in [-0.4, -0.2) is 56.9 Å². The molecule has 12 heteroatoms. The monoisotopic (exact) mass is 518 g/mol. The van der Waals surface area contributed by atoms with Gasteiger partial charge in [0.25, 0.3) is 0 Å². The van der Waals surface area contributed by atoms with Crippen LogP contribution in [0.25, 0.3) is 9.40 Å². The Hall–Kier alpha value is -0.660. The largest absolute Gasteiger partial charge is 0.462 e. The molecular weight excluding hydrogens is 501 g/mol. The molecule has 2 aromatic heterocycles. The molecule has 2 aliphatic rings. The number of rotatable bonds is 6. The smallest absolute Gasteiger partial charge is 0.350 e. The molecule has 0 amide bonds. The lowest BCUT2D eigenvalue weighted by Crippen LogP contribution is -2.03. The van der Waals surface area contributed by atoms with Crippen molar-refractivity contribution in [1.29, 1.82) is 0 Å². The number of hydrogen-bond donors (Lipinski definition) is 0. The van der Waals surface area contributed by atoms with Crippen molar-refractivity contribution in [3.8, 4) is 0 Å². The molecule has 0 unspecified atom stereocenters. The Morgan fingerprint density at radius 1 is 0.767 bits per heavy atom. The third-order valence-corrected chi connectivity index (χ3v) is 11.2. The van der Waals surface area contributed by atoms with Gasteiger partial charge in [0.2, 0.25) is 0 Å². The summed E-state index contributed by atoms with van der Waals surface area (Å²) in [6, 6.07) is 0. The van der Waals surface area contributed by atoms with E-state index in [4.69, 9.17) is 19.5 Å². The highest BCUT2D eigenvalue weighted by Crippen LogP contribution is 2.51. The fourth-order valence-electron chi connectivity index (χ4n) is 2.73. The molecule has 30 heavy (non-hydrogen) atoms. The number of hydrogen-bond acceptors (Lipinski definition) is 12. The first-order valence-corrected chi connectivity index (χ1v) is 14.8. The third-order valence-electron chi connectivity index (χ3n) is 3.89. The molecule has 0 spiro atoms. The molecule has 2 aromatic rings. The van der Waals surface area contributed by atoms with Crippen LogP contribution in [0.1, 0.15) is 33.2 Å². The Balaban J connectivity index is 1.94. The first kappa shape index (κ1) is 22.5. The summed E-state index contributed by atoms with van der Waals surface area (Å²) in [7, 11) is 0. The van der Waals surface area contributed by atoms with E-state index in [9.17, 15) is 9.59 Å². The minimum Gasteiger partial charge on any atom is -0.462 e. The van der Waals surface area contributed by atoms with Crippen LogP contribution in [0.2, 0.25) is 0 Å². The number of esters is 2.